The second kappa shape index (κ2) is 28.7. The highest BCUT2D eigenvalue weighted by molar-refractivity contribution is 7.99. The Hall–Kier alpha value is -15.8. The summed E-state index contributed by atoms with van der Waals surface area (Å²) in [7, 11) is 0. The number of hydrogen-bond donors (Lipinski definition) is 0. The Bertz CT molecular complexity index is 8490. The Morgan fingerprint density at radius 1 is 0.228 bits per heavy atom. The topological polar surface area (TPSA) is 54.5 Å². The van der Waals surface area contributed by atoms with Gasteiger partial charge in [0.05, 0.1) is 55.9 Å². The summed E-state index contributed by atoms with van der Waals surface area (Å²) in [5.74, 6) is 0. The summed E-state index contributed by atoms with van der Waals surface area (Å²) < 4.78 is 2.29. The summed E-state index contributed by atoms with van der Waals surface area (Å²) in [5, 5.41) is 24.0. The van der Waals surface area contributed by atoms with Crippen molar-refractivity contribution in [2.75, 3.05) is 0 Å². The van der Waals surface area contributed by atoms with Crippen molar-refractivity contribution in [3.8, 4) is 101 Å². The minimum Gasteiger partial charge on any atom is -0.309 e. The number of para-hydroxylation sites is 3. The maximum atomic E-state index is 9.61. The highest BCUT2D eigenvalue weighted by Gasteiger charge is 2.53. The first-order valence-electron chi connectivity index (χ1n) is 43.5. The predicted octanol–water partition coefficient (Wildman–Crippen LogP) is 31.7. The van der Waals surface area contributed by atoms with Crippen LogP contribution < -0.4 is 0 Å². The molecule has 23 aromatic rings. The van der Waals surface area contributed by atoms with Gasteiger partial charge in [-0.25, -0.2) is 9.97 Å². The van der Waals surface area contributed by atoms with Gasteiger partial charge in [0.15, 0.2) is 0 Å². The summed E-state index contributed by atoms with van der Waals surface area (Å²) >= 11 is 3.77. The van der Waals surface area contributed by atoms with Gasteiger partial charge in [-0.05, 0) is 206 Å². The number of benzene rings is 20. The maximum absolute atomic E-state index is 9.61. The molecule has 2 aliphatic heterocycles. The van der Waals surface area contributed by atoms with Crippen molar-refractivity contribution in [3.63, 3.8) is 0 Å². The highest BCUT2D eigenvalue weighted by atomic mass is 32.2. The van der Waals surface area contributed by atoms with E-state index in [1.165, 1.54) is 163 Å². The van der Waals surface area contributed by atoms with Crippen molar-refractivity contribution in [1.82, 2.24) is 14.5 Å². The number of nitriles is 1. The lowest BCUT2D eigenvalue weighted by Gasteiger charge is -2.39. The molecule has 2 aliphatic carbocycles. The van der Waals surface area contributed by atoms with Crippen LogP contribution in [0.4, 0.5) is 0 Å². The van der Waals surface area contributed by atoms with E-state index in [0.717, 1.165) is 82.9 Å². The summed E-state index contributed by atoms with van der Waals surface area (Å²) in [6.45, 7) is 0. The van der Waals surface area contributed by atoms with Gasteiger partial charge in [-0.1, -0.05) is 388 Å². The van der Waals surface area contributed by atoms with Crippen LogP contribution >= 0.6 is 23.5 Å². The molecule has 4 aliphatic rings. The Morgan fingerprint density at radius 3 is 0.992 bits per heavy atom. The molecule has 27 rings (SSSR count). The molecule has 4 nitrogen and oxygen atoms in total. The summed E-state index contributed by atoms with van der Waals surface area (Å²) in [4.78, 5) is 16.1. The van der Waals surface area contributed by atoms with Crippen LogP contribution in [0.2, 0.25) is 0 Å². The largest absolute Gasteiger partial charge is 0.309 e. The normalized spacial score (nSPS) is 13.3. The van der Waals surface area contributed by atoms with E-state index in [4.69, 9.17) is 9.97 Å². The Labute approximate surface area is 742 Å². The van der Waals surface area contributed by atoms with E-state index in [-0.39, 0.29) is 0 Å². The van der Waals surface area contributed by atoms with Crippen molar-refractivity contribution in [2.24, 2.45) is 0 Å². The molecule has 127 heavy (non-hydrogen) atoms. The fraction of sp³-hybridized carbons (Fsp3) is 0.0165. The molecular formula is C121H72N4S2. The first-order valence-corrected chi connectivity index (χ1v) is 45.1. The smallest absolute Gasteiger partial charge is 0.0991 e. The summed E-state index contributed by atoms with van der Waals surface area (Å²) in [6, 6.07) is 162. The minimum absolute atomic E-state index is 0.442. The first kappa shape index (κ1) is 72.8. The van der Waals surface area contributed by atoms with Crippen molar-refractivity contribution in [3.05, 3.63) is 487 Å². The molecule has 20 aromatic carbocycles. The SMILES string of the molecule is N#Cc1ccc2c(c1)c1ccccc1n2-c1ccc(-c2ccc(-c3nc4ccccc4c4c5c(ccc34)C3(c4ccccc4Sc4ccccc43)c3ccccc3-5)cc2)cc1.c1ccc(-c2ccc(-c3c4ccccc4c(-c4ccc(-c5nc6ccccc6c6c7c(ccc56)C5(c6ccccc6Sc6ccccc65)c5ccccc5-7)cc4)c4ccccc34)cc2)cc1. The average molecular weight is 1650 g/mol. The maximum Gasteiger partial charge on any atom is 0.0991 e. The Kier molecular flexibility index (Phi) is 16.4. The van der Waals surface area contributed by atoms with Crippen molar-refractivity contribution < 1.29 is 0 Å². The number of pyridine rings is 2. The third-order valence-corrected chi connectivity index (χ3v) is 29.7. The molecule has 0 saturated carbocycles. The molecule has 0 radical (unpaired) electrons. The van der Waals surface area contributed by atoms with Gasteiger partial charge in [0, 0.05) is 79.5 Å². The van der Waals surface area contributed by atoms with E-state index >= 15 is 0 Å². The molecule has 5 heterocycles. The van der Waals surface area contributed by atoms with E-state index in [0.29, 0.717) is 5.56 Å². The van der Waals surface area contributed by atoms with Gasteiger partial charge >= 0.3 is 0 Å². The molecule has 0 fully saturated rings. The zero-order chi connectivity index (χ0) is 83.6. The fourth-order valence-electron chi connectivity index (χ4n) is 22.2. The van der Waals surface area contributed by atoms with Crippen molar-refractivity contribution in [1.29, 1.82) is 5.26 Å². The van der Waals surface area contributed by atoms with Crippen LogP contribution in [0.25, 0.3) is 182 Å². The van der Waals surface area contributed by atoms with Gasteiger partial charge in [-0.15, -0.1) is 0 Å². The average Bonchev–Trinajstić information content (AvgIpc) is 1.53. The number of nitrogens with zero attached hydrogens (tertiary/aromatic N) is 4. The van der Waals surface area contributed by atoms with Gasteiger partial charge in [-0.2, -0.15) is 5.26 Å². The molecular weight excluding hydrogens is 1570 g/mol. The minimum atomic E-state index is -0.447. The van der Waals surface area contributed by atoms with Gasteiger partial charge in [0.25, 0.3) is 0 Å². The first-order chi connectivity index (χ1) is 63.0. The Balaban J connectivity index is 0.000000135. The van der Waals surface area contributed by atoms with Crippen LogP contribution in [0.1, 0.15) is 50.1 Å². The summed E-state index contributed by atoms with van der Waals surface area (Å²) in [5.41, 5.74) is 34.8. The molecule has 2 spiro atoms. The molecule has 0 N–H and O–H groups in total. The molecule has 0 unspecified atom stereocenters. The number of hydrogen-bond acceptors (Lipinski definition) is 5. The van der Waals surface area contributed by atoms with Crippen LogP contribution in [-0.4, -0.2) is 14.5 Å². The second-order valence-corrected chi connectivity index (χ2v) is 35.9. The lowest BCUT2D eigenvalue weighted by atomic mass is 9.67. The standard InChI is InChI=1S/C64H39NS.C57H33N3S/c1-2-16-40(17-3-1)41-30-32-42(33-31-41)59-45-18-4-6-20-47(45)60(48-21-7-5-19-46(48)59)43-34-36-44(37-35-43)63-51-38-39-55-62(61(51)50-23-9-13-27-56(50)65-63)49-22-8-10-24-52(49)64(55)53-25-11-14-28-57(53)66-58-29-15-12-26-54(58)64;58-34-35-21-32-51-44(33-35)40-11-3-8-18-50(40)60(51)39-28-26-37(27-29-39)36-22-24-38(25-23-36)56-43-30-31-48-55(54(43)42-13-2-7-17-49(42)59-56)41-12-1-4-14-45(41)57(48)46-15-5-9-19-52(46)61-53-20-10-6-16-47(53)57/h1-39H;1-33H. The van der Waals surface area contributed by atoms with Gasteiger partial charge in [0.1, 0.15) is 0 Å². The molecule has 3 aromatic heterocycles. The molecule has 0 saturated heterocycles. The van der Waals surface area contributed by atoms with Crippen molar-refractivity contribution >= 4 is 110 Å². The van der Waals surface area contributed by atoms with E-state index in [9.17, 15) is 5.26 Å². The van der Waals surface area contributed by atoms with Gasteiger partial charge < -0.3 is 4.57 Å². The van der Waals surface area contributed by atoms with E-state index in [1.807, 2.05) is 35.7 Å². The van der Waals surface area contributed by atoms with Crippen molar-refractivity contribution in [2.45, 2.75) is 30.4 Å². The quantitative estimate of drug-likeness (QED) is 0.118. The molecule has 6 heteroatoms. The molecule has 0 bridgehead atoms. The Morgan fingerprint density at radius 2 is 0.559 bits per heavy atom. The third-order valence-electron chi connectivity index (χ3n) is 27.4. The van der Waals surface area contributed by atoms with Crippen LogP contribution in [0.3, 0.4) is 0 Å². The number of rotatable bonds is 7. The zero-order valence-electron chi connectivity index (χ0n) is 68.7. The number of aromatic nitrogens is 3. The van der Waals surface area contributed by atoms with Crippen LogP contribution in [-0.2, 0) is 10.8 Å². The monoisotopic (exact) mass is 1640 g/mol. The molecule has 0 amide bonds. The second-order valence-electron chi connectivity index (χ2n) is 33.7. The van der Waals surface area contributed by atoms with Crippen LogP contribution in [0.5, 0.6) is 0 Å². The van der Waals surface area contributed by atoms with E-state index in [1.54, 1.807) is 0 Å². The number of fused-ring (bicyclic) bond motifs is 31. The zero-order valence-corrected chi connectivity index (χ0v) is 70.3. The van der Waals surface area contributed by atoms with Gasteiger partial charge in [0.2, 0.25) is 0 Å². The van der Waals surface area contributed by atoms with Crippen LogP contribution in [0.15, 0.2) is 456 Å². The van der Waals surface area contributed by atoms with Gasteiger partial charge in [-0.3, -0.25) is 0 Å². The molecule has 588 valence electrons. The third kappa shape index (κ3) is 10.8. The molecule has 0 atom stereocenters. The highest BCUT2D eigenvalue weighted by Crippen LogP contribution is 2.66. The predicted molar refractivity (Wildman–Crippen MR) is 528 cm³/mol. The van der Waals surface area contributed by atoms with E-state index in [2.05, 4.69) is 435 Å². The van der Waals surface area contributed by atoms with Crippen LogP contribution in [0, 0.1) is 11.3 Å². The lowest BCUT2D eigenvalue weighted by molar-refractivity contribution is 0.723. The lowest BCUT2D eigenvalue weighted by Crippen LogP contribution is -2.31. The summed E-state index contributed by atoms with van der Waals surface area (Å²) in [6.07, 6.45) is 0. The van der Waals surface area contributed by atoms with E-state index < -0.39 is 10.8 Å². The fourth-order valence-corrected chi connectivity index (χ4v) is 24.5.